The van der Waals surface area contributed by atoms with Crippen molar-refractivity contribution in [3.63, 3.8) is 0 Å². The summed E-state index contributed by atoms with van der Waals surface area (Å²) in [6.07, 6.45) is 6.74. The number of piperidine rings is 1. The third kappa shape index (κ3) is 5.15. The van der Waals surface area contributed by atoms with Gasteiger partial charge in [0.05, 0.1) is 23.6 Å². The molecule has 1 fully saturated rings. The van der Waals surface area contributed by atoms with Crippen LogP contribution in [0.15, 0.2) is 29.2 Å². The average molecular weight is 491 g/mol. The summed E-state index contributed by atoms with van der Waals surface area (Å²) >= 11 is 1.53. The van der Waals surface area contributed by atoms with Crippen LogP contribution in [0, 0.1) is 0 Å². The Bertz CT molecular complexity index is 1120. The maximum Gasteiger partial charge on any atom is 0.341 e. The van der Waals surface area contributed by atoms with E-state index in [-0.39, 0.29) is 23.2 Å². The molecule has 33 heavy (non-hydrogen) atoms. The standard InChI is InChI=1S/C24H30N2O5S2/c1-2-31-24(28)22-19-8-4-5-9-21(19)32-23(22)25-16-20(27)17-10-12-18(13-11-17)33(29,30)26-14-6-3-7-15-26/h10-13,25H,2-9,14-16H2,1H3. The Morgan fingerprint density at radius 2 is 1.73 bits per heavy atom. The van der Waals surface area contributed by atoms with E-state index >= 15 is 0 Å². The number of carbonyl (C=O) groups is 2. The summed E-state index contributed by atoms with van der Waals surface area (Å²) in [6, 6.07) is 6.13. The maximum atomic E-state index is 12.8. The van der Waals surface area contributed by atoms with E-state index < -0.39 is 10.0 Å². The molecule has 9 heteroatoms. The normalized spacial score (nSPS) is 16.8. The number of benzene rings is 1. The molecule has 1 aromatic carbocycles. The molecule has 1 aliphatic heterocycles. The number of ether oxygens (including phenoxy) is 1. The molecule has 0 bridgehead atoms. The molecule has 7 nitrogen and oxygen atoms in total. The summed E-state index contributed by atoms with van der Waals surface area (Å²) in [5.74, 6) is -0.516. The van der Waals surface area contributed by atoms with Gasteiger partial charge in [0.2, 0.25) is 10.0 Å². The second kappa shape index (κ2) is 10.4. The van der Waals surface area contributed by atoms with Gasteiger partial charge in [-0.1, -0.05) is 6.42 Å². The Morgan fingerprint density at radius 1 is 1.03 bits per heavy atom. The van der Waals surface area contributed by atoms with Crippen molar-refractivity contribution in [1.29, 1.82) is 0 Å². The smallest absolute Gasteiger partial charge is 0.341 e. The van der Waals surface area contributed by atoms with Crippen LogP contribution in [0.2, 0.25) is 0 Å². The number of sulfonamides is 1. The fourth-order valence-corrected chi connectivity index (χ4v) is 7.23. The van der Waals surface area contributed by atoms with E-state index in [1.807, 2.05) is 0 Å². The minimum Gasteiger partial charge on any atom is -0.462 e. The fourth-order valence-electron chi connectivity index (χ4n) is 4.44. The van der Waals surface area contributed by atoms with Crippen LogP contribution in [0.25, 0.3) is 0 Å². The van der Waals surface area contributed by atoms with E-state index in [9.17, 15) is 18.0 Å². The first-order valence-corrected chi connectivity index (χ1v) is 13.9. The van der Waals surface area contributed by atoms with Crippen LogP contribution < -0.4 is 5.32 Å². The largest absolute Gasteiger partial charge is 0.462 e. The van der Waals surface area contributed by atoms with Gasteiger partial charge < -0.3 is 10.1 Å². The first-order chi connectivity index (χ1) is 15.9. The summed E-state index contributed by atoms with van der Waals surface area (Å²) in [4.78, 5) is 26.8. The first kappa shape index (κ1) is 23.9. The topological polar surface area (TPSA) is 92.8 Å². The van der Waals surface area contributed by atoms with Crippen LogP contribution >= 0.6 is 11.3 Å². The minimum atomic E-state index is -3.53. The van der Waals surface area contributed by atoms with Crippen LogP contribution in [0.5, 0.6) is 0 Å². The van der Waals surface area contributed by atoms with Crippen LogP contribution in [0.1, 0.15) is 70.2 Å². The summed E-state index contributed by atoms with van der Waals surface area (Å²) in [6.45, 7) is 3.18. The number of esters is 1. The highest BCUT2D eigenvalue weighted by Gasteiger charge is 2.28. The van der Waals surface area contributed by atoms with E-state index in [0.29, 0.717) is 35.8 Å². The molecule has 0 spiro atoms. The van der Waals surface area contributed by atoms with E-state index in [4.69, 9.17) is 4.74 Å². The van der Waals surface area contributed by atoms with E-state index in [0.717, 1.165) is 50.5 Å². The SMILES string of the molecule is CCOC(=O)c1c(NCC(=O)c2ccc(S(=O)(=O)N3CCCCC3)cc2)sc2c1CCCC2. The molecule has 1 saturated heterocycles. The molecule has 0 saturated carbocycles. The quantitative estimate of drug-likeness (QED) is 0.439. The van der Waals surface area contributed by atoms with Gasteiger partial charge in [-0.15, -0.1) is 11.3 Å². The molecular weight excluding hydrogens is 460 g/mol. The van der Waals surface area contributed by atoms with Crippen molar-refractivity contribution < 1.29 is 22.7 Å². The zero-order valence-corrected chi connectivity index (χ0v) is 20.5. The second-order valence-electron chi connectivity index (χ2n) is 8.40. The summed E-state index contributed by atoms with van der Waals surface area (Å²) in [5, 5.41) is 3.82. The second-order valence-corrected chi connectivity index (χ2v) is 11.4. The number of thiophene rings is 1. The molecule has 1 aromatic heterocycles. The van der Waals surface area contributed by atoms with Gasteiger partial charge in [-0.2, -0.15) is 4.31 Å². The Kier molecular flexibility index (Phi) is 7.51. The molecule has 0 radical (unpaired) electrons. The monoisotopic (exact) mass is 490 g/mol. The van der Waals surface area contributed by atoms with Gasteiger partial charge in [-0.05, 0) is 75.3 Å². The fraction of sp³-hybridized carbons (Fsp3) is 0.500. The predicted octanol–water partition coefficient (Wildman–Crippen LogP) is 4.27. The molecule has 2 aliphatic rings. The Hall–Kier alpha value is -2.23. The number of fused-ring (bicyclic) bond motifs is 1. The van der Waals surface area contributed by atoms with Crippen molar-refractivity contribution in [3.8, 4) is 0 Å². The van der Waals surface area contributed by atoms with Crippen LogP contribution in [0.4, 0.5) is 5.00 Å². The number of nitrogens with zero attached hydrogens (tertiary/aromatic N) is 1. The highest BCUT2D eigenvalue weighted by atomic mass is 32.2. The van der Waals surface area contributed by atoms with Crippen molar-refractivity contribution in [3.05, 3.63) is 45.8 Å². The molecule has 4 rings (SSSR count). The van der Waals surface area contributed by atoms with Crippen LogP contribution in [-0.4, -0.2) is 50.7 Å². The first-order valence-electron chi connectivity index (χ1n) is 11.6. The number of ketones is 1. The molecule has 2 heterocycles. The molecular formula is C24H30N2O5S2. The number of hydrogen-bond acceptors (Lipinski definition) is 7. The molecule has 2 aromatic rings. The van der Waals surface area contributed by atoms with Gasteiger partial charge in [0.1, 0.15) is 5.00 Å². The third-order valence-electron chi connectivity index (χ3n) is 6.19. The number of aryl methyl sites for hydroxylation is 1. The lowest BCUT2D eigenvalue weighted by molar-refractivity contribution is 0.0526. The molecule has 0 amide bonds. The number of anilines is 1. The van der Waals surface area contributed by atoms with Gasteiger partial charge in [0.15, 0.2) is 5.78 Å². The predicted molar refractivity (Wildman–Crippen MR) is 129 cm³/mol. The highest BCUT2D eigenvalue weighted by Crippen LogP contribution is 2.38. The summed E-state index contributed by atoms with van der Waals surface area (Å²) in [5.41, 5.74) is 2.04. The van der Waals surface area contributed by atoms with Crippen molar-refractivity contribution in [2.45, 2.75) is 56.8 Å². The Labute approximate surface area is 199 Å². The lowest BCUT2D eigenvalue weighted by Gasteiger charge is -2.25. The number of rotatable bonds is 8. The minimum absolute atomic E-state index is 0.0179. The highest BCUT2D eigenvalue weighted by molar-refractivity contribution is 7.89. The average Bonchev–Trinajstić information content (AvgIpc) is 3.22. The molecule has 1 aliphatic carbocycles. The third-order valence-corrected chi connectivity index (χ3v) is 9.35. The molecule has 178 valence electrons. The van der Waals surface area contributed by atoms with Crippen molar-refractivity contribution >= 4 is 38.1 Å². The van der Waals surface area contributed by atoms with E-state index in [1.165, 1.54) is 32.7 Å². The van der Waals surface area contributed by atoms with Crippen molar-refractivity contribution in [2.75, 3.05) is 31.6 Å². The van der Waals surface area contributed by atoms with E-state index in [1.54, 1.807) is 19.1 Å². The van der Waals surface area contributed by atoms with Crippen molar-refractivity contribution in [2.24, 2.45) is 0 Å². The molecule has 0 atom stereocenters. The van der Waals surface area contributed by atoms with Gasteiger partial charge >= 0.3 is 5.97 Å². The van der Waals surface area contributed by atoms with Crippen LogP contribution in [0.3, 0.4) is 0 Å². The summed E-state index contributed by atoms with van der Waals surface area (Å²) < 4.78 is 32.4. The molecule has 1 N–H and O–H groups in total. The van der Waals surface area contributed by atoms with Gasteiger partial charge in [-0.25, -0.2) is 13.2 Å². The van der Waals surface area contributed by atoms with E-state index in [2.05, 4.69) is 5.32 Å². The zero-order chi connectivity index (χ0) is 23.4. The lowest BCUT2D eigenvalue weighted by Crippen LogP contribution is -2.35. The number of Topliss-reactive ketones (excluding diaryl/α,β-unsaturated/α-hetero) is 1. The number of carbonyl (C=O) groups excluding carboxylic acids is 2. The number of hydrogen-bond donors (Lipinski definition) is 1. The lowest BCUT2D eigenvalue weighted by atomic mass is 9.95. The molecule has 0 unspecified atom stereocenters. The van der Waals surface area contributed by atoms with Gasteiger partial charge in [0.25, 0.3) is 0 Å². The maximum absolute atomic E-state index is 12.8. The Morgan fingerprint density at radius 3 is 2.42 bits per heavy atom. The van der Waals surface area contributed by atoms with Gasteiger partial charge in [0, 0.05) is 23.5 Å². The van der Waals surface area contributed by atoms with Crippen LogP contribution in [-0.2, 0) is 27.6 Å². The zero-order valence-electron chi connectivity index (χ0n) is 18.9. The van der Waals surface area contributed by atoms with Gasteiger partial charge in [-0.3, -0.25) is 4.79 Å². The Balaban J connectivity index is 1.46. The number of nitrogens with one attached hydrogen (secondary N) is 1. The summed E-state index contributed by atoms with van der Waals surface area (Å²) in [7, 11) is -3.53. The van der Waals surface area contributed by atoms with Crippen molar-refractivity contribution in [1.82, 2.24) is 4.31 Å².